The largest absolute Gasteiger partial charge is 0.308 e. The van der Waals surface area contributed by atoms with Crippen molar-refractivity contribution in [1.82, 2.24) is 14.7 Å². The van der Waals surface area contributed by atoms with Crippen LogP contribution in [0.15, 0.2) is 18.2 Å². The lowest BCUT2D eigenvalue weighted by Crippen LogP contribution is -2.47. The monoisotopic (exact) mass is 290 g/mol. The number of hydrogen-bond acceptors (Lipinski definition) is 4. The van der Waals surface area contributed by atoms with Crippen molar-refractivity contribution in [2.45, 2.75) is 6.54 Å². The van der Waals surface area contributed by atoms with Crippen LogP contribution in [0.25, 0.3) is 0 Å². The summed E-state index contributed by atoms with van der Waals surface area (Å²) in [6, 6.07) is 6.60. The number of rotatable bonds is 5. The Hall–Kier alpha value is -1.48. The normalized spacial score (nSPS) is 17.1. The van der Waals surface area contributed by atoms with E-state index in [1.165, 1.54) is 12.1 Å². The molecule has 4 nitrogen and oxygen atoms in total. The van der Waals surface area contributed by atoms with Crippen LogP contribution >= 0.6 is 0 Å². The third-order valence-electron chi connectivity index (χ3n) is 3.82. The number of nitriles is 1. The molecule has 0 N–H and O–H groups in total. The molecule has 21 heavy (non-hydrogen) atoms. The predicted octanol–water partition coefficient (Wildman–Crippen LogP) is 1.38. The van der Waals surface area contributed by atoms with E-state index in [-0.39, 0.29) is 5.82 Å². The summed E-state index contributed by atoms with van der Waals surface area (Å²) in [4.78, 5) is 6.98. The molecule has 0 aromatic heterocycles. The van der Waals surface area contributed by atoms with Crippen LogP contribution in [-0.2, 0) is 6.54 Å². The zero-order valence-corrected chi connectivity index (χ0v) is 12.8. The van der Waals surface area contributed by atoms with E-state index >= 15 is 0 Å². The number of likely N-dealkylation sites (N-methyl/N-ethyl adjacent to an activating group) is 1. The Bertz CT molecular complexity index is 501. The fraction of sp³-hybridized carbons (Fsp3) is 0.562. The third kappa shape index (κ3) is 5.09. The minimum atomic E-state index is -0.325. The zero-order valence-electron chi connectivity index (χ0n) is 12.8. The van der Waals surface area contributed by atoms with E-state index in [0.29, 0.717) is 12.1 Å². The van der Waals surface area contributed by atoms with Gasteiger partial charge in [-0.05, 0) is 37.9 Å². The second kappa shape index (κ2) is 7.51. The smallest absolute Gasteiger partial charge is 0.124 e. The molecule has 2 rings (SSSR count). The molecule has 1 aliphatic rings. The van der Waals surface area contributed by atoms with Gasteiger partial charge in [0.05, 0.1) is 11.6 Å². The maximum atomic E-state index is 13.4. The Balaban J connectivity index is 1.83. The van der Waals surface area contributed by atoms with Crippen molar-refractivity contribution in [3.05, 3.63) is 35.1 Å². The van der Waals surface area contributed by atoms with Gasteiger partial charge >= 0.3 is 0 Å². The van der Waals surface area contributed by atoms with Crippen molar-refractivity contribution in [2.75, 3.05) is 53.4 Å². The molecule has 0 radical (unpaired) electrons. The summed E-state index contributed by atoms with van der Waals surface area (Å²) in [6.45, 7) is 6.98. The minimum absolute atomic E-state index is 0.325. The fourth-order valence-electron chi connectivity index (χ4n) is 2.58. The van der Waals surface area contributed by atoms with Crippen LogP contribution in [0.3, 0.4) is 0 Å². The van der Waals surface area contributed by atoms with E-state index in [0.717, 1.165) is 44.8 Å². The quantitative estimate of drug-likeness (QED) is 0.820. The van der Waals surface area contributed by atoms with Crippen molar-refractivity contribution < 1.29 is 4.39 Å². The predicted molar refractivity (Wildman–Crippen MR) is 81.4 cm³/mol. The molecule has 1 saturated heterocycles. The topological polar surface area (TPSA) is 33.5 Å². The number of nitrogens with zero attached hydrogens (tertiary/aromatic N) is 4. The molecule has 0 atom stereocenters. The highest BCUT2D eigenvalue weighted by Crippen LogP contribution is 2.12. The summed E-state index contributed by atoms with van der Waals surface area (Å²) in [5, 5.41) is 8.89. The van der Waals surface area contributed by atoms with Crippen molar-refractivity contribution in [3.63, 3.8) is 0 Å². The maximum absolute atomic E-state index is 13.4. The fourth-order valence-corrected chi connectivity index (χ4v) is 2.58. The van der Waals surface area contributed by atoms with Crippen molar-refractivity contribution in [2.24, 2.45) is 0 Å². The molecule has 114 valence electrons. The SMILES string of the molecule is CN(C)CCN1CCN(Cc2cc(F)cc(C#N)c2)CC1. The van der Waals surface area contributed by atoms with Crippen LogP contribution in [0.1, 0.15) is 11.1 Å². The van der Waals surface area contributed by atoms with Gasteiger partial charge in [0.25, 0.3) is 0 Å². The van der Waals surface area contributed by atoms with E-state index in [2.05, 4.69) is 28.8 Å². The highest BCUT2D eigenvalue weighted by Gasteiger charge is 2.17. The van der Waals surface area contributed by atoms with Gasteiger partial charge in [0.1, 0.15) is 5.82 Å². The minimum Gasteiger partial charge on any atom is -0.308 e. The summed E-state index contributed by atoms with van der Waals surface area (Å²) in [5.74, 6) is -0.325. The second-order valence-electron chi connectivity index (χ2n) is 5.88. The summed E-state index contributed by atoms with van der Waals surface area (Å²) >= 11 is 0. The van der Waals surface area contributed by atoms with E-state index < -0.39 is 0 Å². The molecule has 1 aromatic rings. The average Bonchev–Trinajstić information content (AvgIpc) is 2.46. The zero-order chi connectivity index (χ0) is 15.2. The molecular formula is C16H23FN4. The van der Waals surface area contributed by atoms with Crippen molar-refractivity contribution in [1.29, 1.82) is 5.26 Å². The van der Waals surface area contributed by atoms with E-state index in [9.17, 15) is 4.39 Å². The number of benzene rings is 1. The lowest BCUT2D eigenvalue weighted by molar-refractivity contribution is 0.120. The van der Waals surface area contributed by atoms with Gasteiger partial charge in [-0.1, -0.05) is 0 Å². The second-order valence-corrected chi connectivity index (χ2v) is 5.88. The first-order valence-electron chi connectivity index (χ1n) is 7.36. The standard InChI is InChI=1S/C16H23FN4/c1-19(2)3-4-20-5-7-21(8-6-20)13-15-9-14(12-18)10-16(17)11-15/h9-11H,3-8,13H2,1-2H3. The average molecular weight is 290 g/mol. The molecule has 1 aliphatic heterocycles. The van der Waals surface area contributed by atoms with Gasteiger partial charge in [-0.2, -0.15) is 5.26 Å². The first-order valence-corrected chi connectivity index (χ1v) is 7.36. The number of piperazine rings is 1. The molecule has 0 amide bonds. The summed E-state index contributed by atoms with van der Waals surface area (Å²) in [6.07, 6.45) is 0. The van der Waals surface area contributed by atoms with Crippen LogP contribution in [0.2, 0.25) is 0 Å². The van der Waals surface area contributed by atoms with Crippen LogP contribution in [0, 0.1) is 17.1 Å². The first-order chi connectivity index (χ1) is 10.1. The van der Waals surface area contributed by atoms with Gasteiger partial charge in [-0.15, -0.1) is 0 Å². The Morgan fingerprint density at radius 1 is 1.14 bits per heavy atom. The lowest BCUT2D eigenvalue weighted by Gasteiger charge is -2.35. The van der Waals surface area contributed by atoms with Gasteiger partial charge in [-0.3, -0.25) is 9.80 Å². The van der Waals surface area contributed by atoms with Crippen LogP contribution in [0.4, 0.5) is 4.39 Å². The van der Waals surface area contributed by atoms with Gasteiger partial charge in [0, 0.05) is 45.8 Å². The van der Waals surface area contributed by atoms with Crippen molar-refractivity contribution >= 4 is 0 Å². The third-order valence-corrected chi connectivity index (χ3v) is 3.82. The molecular weight excluding hydrogens is 267 g/mol. The maximum Gasteiger partial charge on any atom is 0.124 e. The molecule has 1 fully saturated rings. The lowest BCUT2D eigenvalue weighted by atomic mass is 10.1. The van der Waals surface area contributed by atoms with Gasteiger partial charge in [-0.25, -0.2) is 4.39 Å². The molecule has 1 heterocycles. The molecule has 0 unspecified atom stereocenters. The van der Waals surface area contributed by atoms with Crippen LogP contribution < -0.4 is 0 Å². The molecule has 1 aromatic carbocycles. The highest BCUT2D eigenvalue weighted by atomic mass is 19.1. The van der Waals surface area contributed by atoms with Gasteiger partial charge < -0.3 is 4.90 Å². The van der Waals surface area contributed by atoms with E-state index in [1.807, 2.05) is 6.07 Å². The van der Waals surface area contributed by atoms with Crippen LogP contribution in [0.5, 0.6) is 0 Å². The number of hydrogen-bond donors (Lipinski definition) is 0. The van der Waals surface area contributed by atoms with Gasteiger partial charge in [0.2, 0.25) is 0 Å². The molecule has 0 aliphatic carbocycles. The molecule has 0 bridgehead atoms. The number of halogens is 1. The first kappa shape index (κ1) is 15.9. The van der Waals surface area contributed by atoms with Gasteiger partial charge in [0.15, 0.2) is 0 Å². The Morgan fingerprint density at radius 3 is 2.43 bits per heavy atom. The van der Waals surface area contributed by atoms with Crippen molar-refractivity contribution in [3.8, 4) is 6.07 Å². The highest BCUT2D eigenvalue weighted by molar-refractivity contribution is 5.33. The summed E-state index contributed by atoms with van der Waals surface area (Å²) < 4.78 is 13.4. The van der Waals surface area contributed by atoms with E-state index in [4.69, 9.17) is 5.26 Å². The molecule has 0 spiro atoms. The molecule has 0 saturated carbocycles. The van der Waals surface area contributed by atoms with Crippen LogP contribution in [-0.4, -0.2) is 68.1 Å². The van der Waals surface area contributed by atoms with E-state index in [1.54, 1.807) is 6.07 Å². The summed E-state index contributed by atoms with van der Waals surface area (Å²) in [7, 11) is 4.18. The Labute approximate surface area is 126 Å². The molecule has 5 heteroatoms. The summed E-state index contributed by atoms with van der Waals surface area (Å²) in [5.41, 5.74) is 1.28. The Kier molecular flexibility index (Phi) is 5.68. The Morgan fingerprint density at radius 2 is 1.81 bits per heavy atom.